The number of unbranched alkanes of at least 4 members (excludes halogenated alkanes) is 1. The van der Waals surface area contributed by atoms with Crippen LogP contribution in [-0.2, 0) is 22.6 Å². The van der Waals surface area contributed by atoms with Crippen molar-refractivity contribution in [2.75, 3.05) is 13.2 Å². The van der Waals surface area contributed by atoms with Crippen LogP contribution < -0.4 is 10.1 Å². The number of rotatable bonds is 12. The van der Waals surface area contributed by atoms with Crippen LogP contribution >= 0.6 is 0 Å². The van der Waals surface area contributed by atoms with Gasteiger partial charge in [0.15, 0.2) is 6.61 Å². The highest BCUT2D eigenvalue weighted by atomic mass is 16.5. The average Bonchev–Trinajstić information content (AvgIpc) is 2.88. The van der Waals surface area contributed by atoms with Gasteiger partial charge in [-0.25, -0.2) is 0 Å². The smallest absolute Gasteiger partial charge is 0.261 e. The van der Waals surface area contributed by atoms with Gasteiger partial charge in [-0.1, -0.05) is 80.1 Å². The van der Waals surface area contributed by atoms with E-state index in [1.54, 1.807) is 4.90 Å². The van der Waals surface area contributed by atoms with E-state index in [0.717, 1.165) is 40.7 Å². The molecule has 1 N–H and O–H groups in total. The van der Waals surface area contributed by atoms with Gasteiger partial charge in [-0.2, -0.15) is 0 Å². The normalized spacial score (nSPS) is 11.6. The summed E-state index contributed by atoms with van der Waals surface area (Å²) in [5, 5.41) is 3.06. The zero-order valence-corrected chi connectivity index (χ0v) is 21.9. The first-order chi connectivity index (χ1) is 17.4. The molecule has 0 saturated heterocycles. The highest BCUT2D eigenvalue weighted by molar-refractivity contribution is 5.88. The van der Waals surface area contributed by atoms with E-state index in [-0.39, 0.29) is 18.4 Å². The number of hydrogen-bond acceptors (Lipinski definition) is 3. The lowest BCUT2D eigenvalue weighted by Crippen LogP contribution is -2.52. The van der Waals surface area contributed by atoms with E-state index in [9.17, 15) is 9.59 Å². The fourth-order valence-electron chi connectivity index (χ4n) is 4.13. The Kier molecular flexibility index (Phi) is 10.1. The van der Waals surface area contributed by atoms with Crippen LogP contribution in [0.5, 0.6) is 5.75 Å². The number of carbonyl (C=O) groups excluding carboxylic acids is 2. The van der Waals surface area contributed by atoms with Crippen molar-refractivity contribution in [1.29, 1.82) is 0 Å². The van der Waals surface area contributed by atoms with Crippen LogP contribution in [0.1, 0.15) is 47.6 Å². The van der Waals surface area contributed by atoms with Gasteiger partial charge in [-0.15, -0.1) is 0 Å². The highest BCUT2D eigenvalue weighted by Crippen LogP contribution is 2.22. The van der Waals surface area contributed by atoms with E-state index in [4.69, 9.17) is 4.74 Å². The summed E-state index contributed by atoms with van der Waals surface area (Å²) in [5.41, 5.74) is 5.21. The van der Waals surface area contributed by atoms with Crippen LogP contribution in [0.15, 0.2) is 72.8 Å². The molecule has 0 heterocycles. The zero-order chi connectivity index (χ0) is 25.9. The van der Waals surface area contributed by atoms with Crippen molar-refractivity contribution in [2.24, 2.45) is 0 Å². The summed E-state index contributed by atoms with van der Waals surface area (Å²) in [6.07, 6.45) is 2.31. The molecule has 0 fully saturated rings. The Bertz CT molecular complexity index is 1140. The standard InChI is InChI=1S/C31H38N2O3/c1-5-6-19-32-31(35)28(20-26-15-8-7-9-16-26)33(21-27-17-11-10-13-24(27)3)30(34)22-36-29-18-12-14-23(2)25(29)4/h7-18,28H,5-6,19-22H2,1-4H3,(H,32,35)/t28-/m1/s1. The number of aryl methyl sites for hydroxylation is 2. The van der Waals surface area contributed by atoms with Crippen molar-refractivity contribution >= 4 is 11.8 Å². The van der Waals surface area contributed by atoms with E-state index in [1.165, 1.54) is 0 Å². The summed E-state index contributed by atoms with van der Waals surface area (Å²) in [6.45, 7) is 8.91. The number of hydrogen-bond donors (Lipinski definition) is 1. The Morgan fingerprint density at radius 1 is 0.889 bits per heavy atom. The summed E-state index contributed by atoms with van der Waals surface area (Å²) < 4.78 is 5.98. The molecule has 2 amide bonds. The van der Waals surface area contributed by atoms with Crippen LogP contribution in [-0.4, -0.2) is 35.9 Å². The molecule has 0 unspecified atom stereocenters. The fraction of sp³-hybridized carbons (Fsp3) is 0.355. The largest absolute Gasteiger partial charge is 0.483 e. The lowest BCUT2D eigenvalue weighted by atomic mass is 10.0. The molecule has 5 heteroatoms. The Labute approximate surface area is 215 Å². The predicted octanol–water partition coefficient (Wildman–Crippen LogP) is 5.55. The van der Waals surface area contributed by atoms with Crippen LogP contribution in [0.2, 0.25) is 0 Å². The molecule has 0 spiro atoms. The minimum atomic E-state index is -0.654. The fourth-order valence-corrected chi connectivity index (χ4v) is 4.13. The minimum Gasteiger partial charge on any atom is -0.483 e. The maximum absolute atomic E-state index is 13.7. The Hall–Kier alpha value is -3.60. The molecule has 36 heavy (non-hydrogen) atoms. The molecule has 0 aromatic heterocycles. The third-order valence-electron chi connectivity index (χ3n) is 6.61. The van der Waals surface area contributed by atoms with E-state index in [1.807, 2.05) is 93.6 Å². The molecule has 3 aromatic carbocycles. The van der Waals surface area contributed by atoms with E-state index in [0.29, 0.717) is 25.3 Å². The summed E-state index contributed by atoms with van der Waals surface area (Å²) in [4.78, 5) is 28.9. The molecule has 0 bridgehead atoms. The van der Waals surface area contributed by atoms with Crippen molar-refractivity contribution < 1.29 is 14.3 Å². The first-order valence-corrected chi connectivity index (χ1v) is 12.7. The van der Waals surface area contributed by atoms with Gasteiger partial charge in [-0.05, 0) is 61.1 Å². The maximum atomic E-state index is 13.7. The molecule has 5 nitrogen and oxygen atoms in total. The minimum absolute atomic E-state index is 0.135. The van der Waals surface area contributed by atoms with Crippen LogP contribution in [0.3, 0.4) is 0 Å². The summed E-state index contributed by atoms with van der Waals surface area (Å²) in [7, 11) is 0. The molecule has 0 radical (unpaired) electrons. The average molecular weight is 487 g/mol. The van der Waals surface area contributed by atoms with E-state index >= 15 is 0 Å². The number of amides is 2. The van der Waals surface area contributed by atoms with Gasteiger partial charge in [0.2, 0.25) is 5.91 Å². The first-order valence-electron chi connectivity index (χ1n) is 12.7. The molecule has 0 aliphatic rings. The van der Waals surface area contributed by atoms with E-state index in [2.05, 4.69) is 12.2 Å². The van der Waals surface area contributed by atoms with Crippen LogP contribution in [0.25, 0.3) is 0 Å². The summed E-state index contributed by atoms with van der Waals surface area (Å²) in [5.74, 6) is 0.331. The zero-order valence-electron chi connectivity index (χ0n) is 21.9. The second-order valence-corrected chi connectivity index (χ2v) is 9.28. The van der Waals surface area contributed by atoms with Crippen LogP contribution in [0.4, 0.5) is 0 Å². The first kappa shape index (κ1) is 27.0. The quantitative estimate of drug-likeness (QED) is 0.342. The summed E-state index contributed by atoms with van der Waals surface area (Å²) >= 11 is 0. The van der Waals surface area contributed by atoms with Gasteiger partial charge < -0.3 is 15.0 Å². The number of benzene rings is 3. The molecule has 3 rings (SSSR count). The molecular weight excluding hydrogens is 448 g/mol. The highest BCUT2D eigenvalue weighted by Gasteiger charge is 2.31. The van der Waals surface area contributed by atoms with E-state index < -0.39 is 6.04 Å². The van der Waals surface area contributed by atoms with Crippen LogP contribution in [0, 0.1) is 20.8 Å². The molecule has 0 aliphatic carbocycles. The number of ether oxygens (including phenoxy) is 1. The Morgan fingerprint density at radius 3 is 2.31 bits per heavy atom. The third kappa shape index (κ3) is 7.45. The van der Waals surface area contributed by atoms with Crippen molar-refractivity contribution in [3.63, 3.8) is 0 Å². The maximum Gasteiger partial charge on any atom is 0.261 e. The molecule has 0 saturated carbocycles. The van der Waals surface area contributed by atoms with Crippen molar-refractivity contribution in [2.45, 2.75) is 59.5 Å². The lowest BCUT2D eigenvalue weighted by molar-refractivity contribution is -0.142. The van der Waals surface area contributed by atoms with Gasteiger partial charge in [-0.3, -0.25) is 9.59 Å². The molecule has 190 valence electrons. The summed E-state index contributed by atoms with van der Waals surface area (Å²) in [6, 6.07) is 23.0. The molecule has 3 aromatic rings. The van der Waals surface area contributed by atoms with Gasteiger partial charge in [0.05, 0.1) is 0 Å². The monoisotopic (exact) mass is 486 g/mol. The topological polar surface area (TPSA) is 58.6 Å². The van der Waals surface area contributed by atoms with Gasteiger partial charge >= 0.3 is 0 Å². The molecule has 0 aliphatic heterocycles. The Morgan fingerprint density at radius 2 is 1.58 bits per heavy atom. The van der Waals surface area contributed by atoms with Gasteiger partial charge in [0.1, 0.15) is 11.8 Å². The number of nitrogens with one attached hydrogen (secondary N) is 1. The number of carbonyl (C=O) groups is 2. The van der Waals surface area contributed by atoms with Gasteiger partial charge in [0, 0.05) is 19.5 Å². The molecular formula is C31H38N2O3. The van der Waals surface area contributed by atoms with Crippen molar-refractivity contribution in [3.05, 3.63) is 101 Å². The Balaban J connectivity index is 1.91. The predicted molar refractivity (Wildman–Crippen MR) is 145 cm³/mol. The second-order valence-electron chi connectivity index (χ2n) is 9.28. The SMILES string of the molecule is CCCCNC(=O)[C@@H](Cc1ccccc1)N(Cc1ccccc1C)C(=O)COc1cccc(C)c1C. The third-order valence-corrected chi connectivity index (χ3v) is 6.61. The van der Waals surface area contributed by atoms with Crippen molar-refractivity contribution in [1.82, 2.24) is 10.2 Å². The van der Waals surface area contributed by atoms with Crippen molar-refractivity contribution in [3.8, 4) is 5.75 Å². The van der Waals surface area contributed by atoms with Gasteiger partial charge in [0.25, 0.3) is 5.91 Å². The lowest BCUT2D eigenvalue weighted by Gasteiger charge is -2.32. The second kappa shape index (κ2) is 13.5. The number of nitrogens with zero attached hydrogens (tertiary/aromatic N) is 1. The molecule has 1 atom stereocenters.